The van der Waals surface area contributed by atoms with Crippen LogP contribution >= 0.6 is 0 Å². The number of hydrogen-bond acceptors (Lipinski definition) is 3. The van der Waals surface area contributed by atoms with Crippen molar-refractivity contribution in [1.82, 2.24) is 14.3 Å². The van der Waals surface area contributed by atoms with Crippen LogP contribution in [0.5, 0.6) is 0 Å². The lowest BCUT2D eigenvalue weighted by atomic mass is 9.95. The van der Waals surface area contributed by atoms with Gasteiger partial charge >= 0.3 is 0 Å². The van der Waals surface area contributed by atoms with Crippen LogP contribution in [0.1, 0.15) is 51.9 Å². The van der Waals surface area contributed by atoms with Crippen molar-refractivity contribution in [3.05, 3.63) is 0 Å². The predicted molar refractivity (Wildman–Crippen MR) is 81.9 cm³/mol. The molecule has 1 saturated carbocycles. The van der Waals surface area contributed by atoms with Crippen molar-refractivity contribution in [2.75, 3.05) is 19.6 Å². The van der Waals surface area contributed by atoms with E-state index in [0.717, 1.165) is 38.5 Å². The lowest BCUT2D eigenvalue weighted by molar-refractivity contribution is -0.120. The first-order valence-electron chi connectivity index (χ1n) is 8.01. The minimum Gasteiger partial charge on any atom is -0.352 e. The van der Waals surface area contributed by atoms with Crippen LogP contribution in [0.2, 0.25) is 0 Å². The van der Waals surface area contributed by atoms with E-state index in [4.69, 9.17) is 0 Å². The fraction of sp³-hybridized carbons (Fsp3) is 0.929. The number of piperidine rings is 1. The lowest BCUT2D eigenvalue weighted by Gasteiger charge is -2.30. The van der Waals surface area contributed by atoms with Gasteiger partial charge in [-0.3, -0.25) is 4.79 Å². The molecule has 21 heavy (non-hydrogen) atoms. The zero-order valence-corrected chi connectivity index (χ0v) is 13.6. The molecule has 1 aliphatic heterocycles. The van der Waals surface area contributed by atoms with Gasteiger partial charge in [-0.1, -0.05) is 26.2 Å². The van der Waals surface area contributed by atoms with E-state index in [9.17, 15) is 13.2 Å². The molecule has 2 fully saturated rings. The van der Waals surface area contributed by atoms with Gasteiger partial charge in [0.2, 0.25) is 5.91 Å². The van der Waals surface area contributed by atoms with Crippen molar-refractivity contribution < 1.29 is 13.2 Å². The number of carbonyl (C=O) groups is 1. The molecular formula is C14H27N3O3S. The smallest absolute Gasteiger partial charge is 0.279 e. The Balaban J connectivity index is 1.76. The Morgan fingerprint density at radius 2 is 1.86 bits per heavy atom. The van der Waals surface area contributed by atoms with Gasteiger partial charge in [0.15, 0.2) is 0 Å². The number of nitrogens with zero attached hydrogens (tertiary/aromatic N) is 1. The Hall–Kier alpha value is -0.660. The maximum Gasteiger partial charge on any atom is 0.279 e. The molecule has 2 rings (SSSR count). The third-order valence-corrected chi connectivity index (χ3v) is 5.87. The first-order valence-corrected chi connectivity index (χ1v) is 9.45. The molecule has 0 spiro atoms. The van der Waals surface area contributed by atoms with E-state index in [1.54, 1.807) is 0 Å². The largest absolute Gasteiger partial charge is 0.352 e. The van der Waals surface area contributed by atoms with Crippen molar-refractivity contribution in [2.45, 2.75) is 57.9 Å². The molecule has 1 saturated heterocycles. The van der Waals surface area contributed by atoms with Gasteiger partial charge in [0, 0.05) is 19.1 Å². The van der Waals surface area contributed by atoms with E-state index >= 15 is 0 Å². The van der Waals surface area contributed by atoms with Crippen LogP contribution in [-0.2, 0) is 15.0 Å². The van der Waals surface area contributed by atoms with Crippen molar-refractivity contribution in [3.8, 4) is 0 Å². The molecule has 6 nitrogen and oxygen atoms in total. The Morgan fingerprint density at radius 1 is 1.14 bits per heavy atom. The van der Waals surface area contributed by atoms with Gasteiger partial charge in [-0.25, -0.2) is 0 Å². The third kappa shape index (κ3) is 5.23. The molecule has 0 aromatic heterocycles. The second-order valence-corrected chi connectivity index (χ2v) is 8.09. The molecule has 1 amide bonds. The Kier molecular flexibility index (Phi) is 6.01. The molecule has 0 bridgehead atoms. The van der Waals surface area contributed by atoms with Crippen LogP contribution < -0.4 is 10.0 Å². The van der Waals surface area contributed by atoms with Gasteiger partial charge in [0.05, 0.1) is 6.54 Å². The van der Waals surface area contributed by atoms with Gasteiger partial charge in [-0.2, -0.15) is 17.4 Å². The minimum atomic E-state index is -3.53. The van der Waals surface area contributed by atoms with E-state index in [0.29, 0.717) is 19.0 Å². The monoisotopic (exact) mass is 317 g/mol. The number of carbonyl (C=O) groups excluding carboxylic acids is 1. The topological polar surface area (TPSA) is 78.5 Å². The normalized spacial score (nSPS) is 25.7. The fourth-order valence-corrected chi connectivity index (χ4v) is 4.45. The van der Waals surface area contributed by atoms with Crippen molar-refractivity contribution in [3.63, 3.8) is 0 Å². The molecule has 0 aromatic carbocycles. The highest BCUT2D eigenvalue weighted by molar-refractivity contribution is 7.87. The molecular weight excluding hydrogens is 290 g/mol. The summed E-state index contributed by atoms with van der Waals surface area (Å²) in [6.45, 7) is 2.98. The lowest BCUT2D eigenvalue weighted by Crippen LogP contribution is -2.49. The van der Waals surface area contributed by atoms with Crippen molar-refractivity contribution >= 4 is 16.1 Å². The first-order chi connectivity index (χ1) is 9.97. The van der Waals surface area contributed by atoms with Crippen LogP contribution in [0.15, 0.2) is 0 Å². The molecule has 1 atom stereocenters. The predicted octanol–water partition coefficient (Wildman–Crippen LogP) is 1.00. The second kappa shape index (κ2) is 7.56. The van der Waals surface area contributed by atoms with Crippen LogP contribution in [0, 0.1) is 5.92 Å². The highest BCUT2D eigenvalue weighted by atomic mass is 32.2. The van der Waals surface area contributed by atoms with Gasteiger partial charge in [-0.15, -0.1) is 0 Å². The summed E-state index contributed by atoms with van der Waals surface area (Å²) in [6.07, 6.45) is 7.46. The molecule has 122 valence electrons. The summed E-state index contributed by atoms with van der Waals surface area (Å²) < 4.78 is 28.2. The second-order valence-electron chi connectivity index (χ2n) is 6.33. The summed E-state index contributed by atoms with van der Waals surface area (Å²) in [5, 5.41) is 2.92. The summed E-state index contributed by atoms with van der Waals surface area (Å²) in [5.41, 5.74) is 0. The Morgan fingerprint density at radius 3 is 2.52 bits per heavy atom. The molecule has 0 radical (unpaired) electrons. The highest BCUT2D eigenvalue weighted by Gasteiger charge is 2.27. The summed E-state index contributed by atoms with van der Waals surface area (Å²) >= 11 is 0. The van der Waals surface area contributed by atoms with E-state index < -0.39 is 10.2 Å². The zero-order chi connectivity index (χ0) is 15.3. The fourth-order valence-electron chi connectivity index (χ4n) is 3.14. The van der Waals surface area contributed by atoms with Gasteiger partial charge < -0.3 is 5.32 Å². The van der Waals surface area contributed by atoms with E-state index in [1.807, 2.05) is 0 Å². The Bertz CT molecular complexity index is 446. The quantitative estimate of drug-likeness (QED) is 0.794. The molecule has 0 aromatic rings. The standard InChI is InChI=1S/C14H27N3O3S/c1-12-6-5-9-17(11-12)21(19,20)15-10-14(18)16-13-7-3-2-4-8-13/h12-13,15H,2-11H2,1H3,(H,16,18). The number of hydrogen-bond donors (Lipinski definition) is 2. The average molecular weight is 317 g/mol. The number of rotatable bonds is 5. The van der Waals surface area contributed by atoms with E-state index in [2.05, 4.69) is 17.0 Å². The summed E-state index contributed by atoms with van der Waals surface area (Å²) in [7, 11) is -3.53. The van der Waals surface area contributed by atoms with E-state index in [1.165, 1.54) is 10.7 Å². The summed E-state index contributed by atoms with van der Waals surface area (Å²) in [5.74, 6) is 0.155. The van der Waals surface area contributed by atoms with Crippen molar-refractivity contribution in [1.29, 1.82) is 0 Å². The minimum absolute atomic E-state index is 0.163. The molecule has 2 N–H and O–H groups in total. The summed E-state index contributed by atoms with van der Waals surface area (Å²) in [4.78, 5) is 11.8. The van der Waals surface area contributed by atoms with Crippen LogP contribution in [0.25, 0.3) is 0 Å². The van der Waals surface area contributed by atoms with Crippen LogP contribution in [0.4, 0.5) is 0 Å². The van der Waals surface area contributed by atoms with Crippen LogP contribution in [0.3, 0.4) is 0 Å². The van der Waals surface area contributed by atoms with Gasteiger partial charge in [0.25, 0.3) is 10.2 Å². The van der Waals surface area contributed by atoms with Gasteiger partial charge in [0.1, 0.15) is 0 Å². The SMILES string of the molecule is CC1CCCN(S(=O)(=O)NCC(=O)NC2CCCCC2)C1. The zero-order valence-electron chi connectivity index (χ0n) is 12.8. The molecule has 7 heteroatoms. The highest BCUT2D eigenvalue weighted by Crippen LogP contribution is 2.18. The molecule has 1 unspecified atom stereocenters. The molecule has 1 heterocycles. The molecule has 1 aliphatic carbocycles. The van der Waals surface area contributed by atoms with E-state index in [-0.39, 0.29) is 18.5 Å². The third-order valence-electron chi connectivity index (χ3n) is 4.35. The molecule has 2 aliphatic rings. The Labute approximate surface area is 127 Å². The average Bonchev–Trinajstić information content (AvgIpc) is 2.46. The number of nitrogens with one attached hydrogen (secondary N) is 2. The number of amides is 1. The van der Waals surface area contributed by atoms with Crippen molar-refractivity contribution in [2.24, 2.45) is 5.92 Å². The first kappa shape index (κ1) is 16.7. The summed E-state index contributed by atoms with van der Waals surface area (Å²) in [6, 6.07) is 0.214. The van der Waals surface area contributed by atoms with Crippen LogP contribution in [-0.4, -0.2) is 44.3 Å². The van der Waals surface area contributed by atoms with Gasteiger partial charge in [-0.05, 0) is 31.6 Å². The maximum atomic E-state index is 12.2. The maximum absolute atomic E-state index is 12.2.